The quantitative estimate of drug-likeness (QED) is 0.0770. The highest BCUT2D eigenvalue weighted by atomic mass is 32.2. The minimum atomic E-state index is -4.28. The lowest BCUT2D eigenvalue weighted by Crippen LogP contribution is -2.49. The van der Waals surface area contributed by atoms with Crippen molar-refractivity contribution in [1.82, 2.24) is 10.0 Å². The van der Waals surface area contributed by atoms with Gasteiger partial charge in [0.2, 0.25) is 11.9 Å². The minimum absolute atomic E-state index is 0.0277. The Kier molecular flexibility index (Phi) is 13.0. The van der Waals surface area contributed by atoms with Gasteiger partial charge < -0.3 is 42.8 Å². The number of sulfonamides is 2. The highest BCUT2D eigenvalue weighted by Gasteiger charge is 2.38. The SMILES string of the molecule is Cc1c(C)c(S(=O)(=O)N=C(N)C(N)CC[C@@H](N)C(=O)N[C@H](CCCN=C(N)NS(=O)(=O)c2c(C)c(C)c3c(c2C)CC(C)(C)O3)C(=O)O)c(C)c2c1OC(C)(C)C2. The third-order valence-electron chi connectivity index (χ3n) is 10.6. The summed E-state index contributed by atoms with van der Waals surface area (Å²) in [6, 6.07) is -3.62. The highest BCUT2D eigenvalue weighted by Crippen LogP contribution is 2.45. The van der Waals surface area contributed by atoms with E-state index in [-0.39, 0.29) is 53.8 Å². The van der Waals surface area contributed by atoms with Gasteiger partial charge in [-0.1, -0.05) is 0 Å². The summed E-state index contributed by atoms with van der Waals surface area (Å²) in [6.07, 6.45) is 1.03. The van der Waals surface area contributed by atoms with Gasteiger partial charge in [0.1, 0.15) is 34.6 Å². The molecule has 0 saturated heterocycles. The molecule has 4 rings (SSSR count). The lowest BCUT2D eigenvalue weighted by Gasteiger charge is -2.19. The molecule has 0 fully saturated rings. The van der Waals surface area contributed by atoms with Crippen molar-refractivity contribution in [1.29, 1.82) is 0 Å². The summed E-state index contributed by atoms with van der Waals surface area (Å²) in [5.41, 5.74) is 28.4. The minimum Gasteiger partial charge on any atom is -0.487 e. The molecule has 316 valence electrons. The Morgan fingerprint density at radius 1 is 0.754 bits per heavy atom. The second-order valence-corrected chi connectivity index (χ2v) is 19.5. The number of nitrogens with two attached hydrogens (primary N) is 4. The number of aliphatic imine (C=N–C) groups is 1. The van der Waals surface area contributed by atoms with Gasteiger partial charge in [-0.15, -0.1) is 4.40 Å². The maximum atomic E-state index is 13.5. The molecule has 1 amide bonds. The molecule has 2 aromatic rings. The van der Waals surface area contributed by atoms with Crippen LogP contribution in [0.3, 0.4) is 0 Å². The third-order valence-corrected chi connectivity index (χ3v) is 13.8. The van der Waals surface area contributed by atoms with E-state index in [1.165, 1.54) is 0 Å². The molecule has 0 aliphatic carbocycles. The molecule has 2 heterocycles. The number of carboxylic acids is 1. The molecule has 2 aromatic carbocycles. The largest absolute Gasteiger partial charge is 0.487 e. The number of carbonyl (C=O) groups is 2. The molecular formula is C38H58N8O9S2. The topological polar surface area (TPSA) is 294 Å². The molecule has 0 bridgehead atoms. The number of nitrogens with one attached hydrogen (secondary N) is 2. The van der Waals surface area contributed by atoms with Gasteiger partial charge in [0.05, 0.1) is 21.9 Å². The Morgan fingerprint density at radius 2 is 1.23 bits per heavy atom. The first kappa shape index (κ1) is 45.2. The van der Waals surface area contributed by atoms with E-state index in [0.29, 0.717) is 52.2 Å². The number of benzene rings is 2. The van der Waals surface area contributed by atoms with E-state index in [1.807, 2.05) is 27.7 Å². The number of hydrogen-bond acceptors (Lipinski definition) is 11. The van der Waals surface area contributed by atoms with Crippen molar-refractivity contribution in [2.24, 2.45) is 32.3 Å². The van der Waals surface area contributed by atoms with Crippen LogP contribution in [0.25, 0.3) is 0 Å². The molecule has 3 atom stereocenters. The fraction of sp³-hybridized carbons (Fsp3) is 0.579. The van der Waals surface area contributed by atoms with E-state index in [4.69, 9.17) is 32.4 Å². The fourth-order valence-electron chi connectivity index (χ4n) is 7.42. The summed E-state index contributed by atoms with van der Waals surface area (Å²) < 4.78 is 72.3. The van der Waals surface area contributed by atoms with Crippen LogP contribution in [0.1, 0.15) is 97.9 Å². The number of hydrogen-bond donors (Lipinski definition) is 7. The van der Waals surface area contributed by atoms with Gasteiger partial charge in [0.15, 0.2) is 0 Å². The van der Waals surface area contributed by atoms with Crippen molar-refractivity contribution in [3.63, 3.8) is 0 Å². The molecule has 11 N–H and O–H groups in total. The zero-order valence-electron chi connectivity index (χ0n) is 34.4. The number of nitrogens with zero attached hydrogens (tertiary/aromatic N) is 2. The number of rotatable bonds is 15. The second kappa shape index (κ2) is 16.4. The number of ether oxygens (including phenoxy) is 2. The van der Waals surface area contributed by atoms with E-state index < -0.39 is 61.3 Å². The molecule has 0 saturated carbocycles. The first-order chi connectivity index (χ1) is 26.1. The summed E-state index contributed by atoms with van der Waals surface area (Å²) in [5, 5.41) is 12.1. The Labute approximate surface area is 335 Å². The predicted molar refractivity (Wildman–Crippen MR) is 218 cm³/mol. The maximum absolute atomic E-state index is 13.5. The summed E-state index contributed by atoms with van der Waals surface area (Å²) in [7, 11) is -8.41. The third kappa shape index (κ3) is 9.81. The van der Waals surface area contributed by atoms with Gasteiger partial charge in [-0.05, 0) is 128 Å². The number of fused-ring (bicyclic) bond motifs is 2. The average Bonchev–Trinajstić information content (AvgIpc) is 3.60. The van der Waals surface area contributed by atoms with Gasteiger partial charge in [0, 0.05) is 30.5 Å². The van der Waals surface area contributed by atoms with E-state index >= 15 is 0 Å². The number of amidine groups is 1. The van der Waals surface area contributed by atoms with Crippen molar-refractivity contribution in [3.8, 4) is 11.5 Å². The van der Waals surface area contributed by atoms with Crippen LogP contribution in [0.4, 0.5) is 0 Å². The Bertz CT molecular complexity index is 2250. The van der Waals surface area contributed by atoms with Gasteiger partial charge >= 0.3 is 5.97 Å². The lowest BCUT2D eigenvalue weighted by molar-refractivity contribution is -0.142. The van der Waals surface area contributed by atoms with E-state index in [2.05, 4.69) is 19.4 Å². The van der Waals surface area contributed by atoms with Crippen LogP contribution in [-0.2, 0) is 42.5 Å². The number of amides is 1. The molecule has 2 aliphatic heterocycles. The second-order valence-electron chi connectivity index (χ2n) is 16.3. The van der Waals surface area contributed by atoms with Crippen molar-refractivity contribution in [2.75, 3.05) is 6.54 Å². The van der Waals surface area contributed by atoms with Crippen molar-refractivity contribution in [3.05, 3.63) is 44.5 Å². The normalized spacial score (nSPS) is 17.8. The van der Waals surface area contributed by atoms with E-state index in [0.717, 1.165) is 16.7 Å². The Morgan fingerprint density at radius 3 is 1.74 bits per heavy atom. The number of aliphatic carboxylic acids is 1. The van der Waals surface area contributed by atoms with Gasteiger partial charge in [-0.3, -0.25) is 9.79 Å². The first-order valence-corrected chi connectivity index (χ1v) is 21.6. The summed E-state index contributed by atoms with van der Waals surface area (Å²) in [6.45, 7) is 18.1. The highest BCUT2D eigenvalue weighted by molar-refractivity contribution is 7.90. The molecule has 0 spiro atoms. The Hall–Kier alpha value is -4.46. The zero-order valence-corrected chi connectivity index (χ0v) is 36.0. The first-order valence-electron chi connectivity index (χ1n) is 18.7. The van der Waals surface area contributed by atoms with Crippen LogP contribution in [0.15, 0.2) is 19.2 Å². The van der Waals surface area contributed by atoms with Crippen LogP contribution in [0.5, 0.6) is 11.5 Å². The zero-order chi connectivity index (χ0) is 43.2. The smallest absolute Gasteiger partial charge is 0.326 e. The van der Waals surface area contributed by atoms with Gasteiger partial charge in [-0.2, -0.15) is 8.42 Å². The summed E-state index contributed by atoms with van der Waals surface area (Å²) in [4.78, 5) is 29.1. The molecule has 57 heavy (non-hydrogen) atoms. The van der Waals surface area contributed by atoms with Crippen LogP contribution < -0.4 is 42.4 Å². The molecule has 0 radical (unpaired) electrons. The maximum Gasteiger partial charge on any atom is 0.326 e. The monoisotopic (exact) mass is 834 g/mol. The molecular weight excluding hydrogens is 777 g/mol. The summed E-state index contributed by atoms with van der Waals surface area (Å²) in [5.74, 6) is -1.48. The van der Waals surface area contributed by atoms with Crippen molar-refractivity contribution in [2.45, 2.75) is 147 Å². The van der Waals surface area contributed by atoms with Crippen molar-refractivity contribution < 1.29 is 41.0 Å². The Balaban J connectivity index is 1.32. The van der Waals surface area contributed by atoms with Crippen molar-refractivity contribution >= 4 is 43.7 Å². The van der Waals surface area contributed by atoms with Gasteiger partial charge in [-0.25, -0.2) is 17.9 Å². The molecule has 1 unspecified atom stereocenters. The predicted octanol–water partition coefficient (Wildman–Crippen LogP) is 2.09. The molecule has 2 aliphatic rings. The number of carbonyl (C=O) groups excluding carboxylic acids is 1. The van der Waals surface area contributed by atoms with Crippen LogP contribution in [0, 0.1) is 41.5 Å². The van der Waals surface area contributed by atoms with E-state index in [1.54, 1.807) is 41.5 Å². The average molecular weight is 835 g/mol. The van der Waals surface area contributed by atoms with Crippen LogP contribution >= 0.6 is 0 Å². The van der Waals surface area contributed by atoms with Crippen LogP contribution in [0.2, 0.25) is 0 Å². The molecule has 19 heteroatoms. The lowest BCUT2D eigenvalue weighted by atomic mass is 9.94. The molecule has 0 aromatic heterocycles. The van der Waals surface area contributed by atoms with Gasteiger partial charge in [0.25, 0.3) is 20.0 Å². The van der Waals surface area contributed by atoms with Crippen LogP contribution in [-0.4, -0.2) is 81.5 Å². The fourth-order valence-corrected chi connectivity index (χ4v) is 10.5. The van der Waals surface area contributed by atoms with E-state index in [9.17, 15) is 31.5 Å². The molecule has 17 nitrogen and oxygen atoms in total. The standard InChI is InChI=1S/C38H58N8O9S2/c1-18-20(3)31(22(5)24-16-37(7,8)54-29(18)24)56(50,51)45-33(41)26(39)13-14-27(40)34(47)44-28(35(48)49)12-11-15-43-36(42)46-57(52,53)32-21(4)19(2)30-25(23(32)6)17-38(9,10)55-30/h26-28H,11-17,39-40H2,1-10H3,(H2,41,45)(H,44,47)(H,48,49)(H3,42,43,46)/t26?,27-,28-/m1/s1. The number of guanidine groups is 1. The number of carboxylic acid groups (broad SMARTS) is 1. The summed E-state index contributed by atoms with van der Waals surface area (Å²) >= 11 is 0.